The molecule has 1 N–H and O–H groups in total. The van der Waals surface area contributed by atoms with Gasteiger partial charge in [-0.2, -0.15) is 0 Å². The number of halogens is 3. The van der Waals surface area contributed by atoms with Crippen LogP contribution >= 0.6 is 0 Å². The first-order valence-electron chi connectivity index (χ1n) is 7.67. The van der Waals surface area contributed by atoms with E-state index in [0.29, 0.717) is 19.4 Å². The zero-order valence-corrected chi connectivity index (χ0v) is 12.8. The minimum atomic E-state index is -1.03. The van der Waals surface area contributed by atoms with Crippen LogP contribution in [0.2, 0.25) is 0 Å². The summed E-state index contributed by atoms with van der Waals surface area (Å²) in [5, 5.41) is 9.42. The van der Waals surface area contributed by atoms with Crippen LogP contribution in [0.3, 0.4) is 0 Å². The second-order valence-corrected chi connectivity index (χ2v) is 5.82. The van der Waals surface area contributed by atoms with Crippen molar-refractivity contribution in [3.05, 3.63) is 71.0 Å². The molecule has 3 rings (SSSR count). The lowest BCUT2D eigenvalue weighted by atomic mass is 9.95. The van der Waals surface area contributed by atoms with E-state index in [1.807, 2.05) is 0 Å². The first kappa shape index (κ1) is 16.5. The number of nitrogens with zero attached hydrogens (tertiary/aromatic N) is 1. The average molecular weight is 335 g/mol. The van der Waals surface area contributed by atoms with E-state index in [1.54, 1.807) is 11.0 Å². The SMILES string of the molecule is O=C(O)C1CCCN1C(c1ccccc1F)c1ccc(F)cc1F. The molecule has 0 aromatic heterocycles. The lowest BCUT2D eigenvalue weighted by Gasteiger charge is -2.32. The van der Waals surface area contributed by atoms with Gasteiger partial charge < -0.3 is 5.11 Å². The summed E-state index contributed by atoms with van der Waals surface area (Å²) in [7, 11) is 0. The maximum Gasteiger partial charge on any atom is 0.320 e. The van der Waals surface area contributed by atoms with Gasteiger partial charge in [-0.05, 0) is 25.0 Å². The van der Waals surface area contributed by atoms with Crippen LogP contribution in [0, 0.1) is 17.5 Å². The second kappa shape index (κ2) is 6.65. The molecule has 0 amide bonds. The first-order valence-corrected chi connectivity index (χ1v) is 7.67. The Kier molecular flexibility index (Phi) is 4.57. The Morgan fingerprint density at radius 1 is 1.08 bits per heavy atom. The highest BCUT2D eigenvalue weighted by Gasteiger charge is 2.38. The van der Waals surface area contributed by atoms with Crippen molar-refractivity contribution in [3.63, 3.8) is 0 Å². The van der Waals surface area contributed by atoms with Crippen molar-refractivity contribution in [2.45, 2.75) is 24.9 Å². The van der Waals surface area contributed by atoms with Crippen LogP contribution in [0.1, 0.15) is 30.0 Å². The highest BCUT2D eigenvalue weighted by Crippen LogP contribution is 2.37. The van der Waals surface area contributed by atoms with Gasteiger partial charge in [-0.3, -0.25) is 9.69 Å². The molecule has 1 fully saturated rings. The first-order chi connectivity index (χ1) is 11.5. The molecule has 1 aliphatic heterocycles. The average Bonchev–Trinajstić information content (AvgIpc) is 3.01. The van der Waals surface area contributed by atoms with Crippen LogP contribution in [0.5, 0.6) is 0 Å². The van der Waals surface area contributed by atoms with Crippen LogP contribution in [0.4, 0.5) is 13.2 Å². The monoisotopic (exact) mass is 335 g/mol. The van der Waals surface area contributed by atoms with Gasteiger partial charge in [0.15, 0.2) is 0 Å². The normalized spacial score (nSPS) is 19.4. The van der Waals surface area contributed by atoms with Gasteiger partial charge in [-0.1, -0.05) is 24.3 Å². The van der Waals surface area contributed by atoms with Crippen molar-refractivity contribution in [1.29, 1.82) is 0 Å². The minimum Gasteiger partial charge on any atom is -0.480 e. The fourth-order valence-corrected chi connectivity index (χ4v) is 3.31. The van der Waals surface area contributed by atoms with Gasteiger partial charge in [0, 0.05) is 23.7 Å². The quantitative estimate of drug-likeness (QED) is 0.925. The van der Waals surface area contributed by atoms with Crippen LogP contribution in [0.25, 0.3) is 0 Å². The van der Waals surface area contributed by atoms with Crippen LogP contribution in [-0.4, -0.2) is 28.6 Å². The number of hydrogen-bond donors (Lipinski definition) is 1. The Labute approximate surface area is 137 Å². The molecule has 2 unspecified atom stereocenters. The van der Waals surface area contributed by atoms with Crippen LogP contribution in [-0.2, 0) is 4.79 Å². The molecule has 2 aromatic carbocycles. The maximum atomic E-state index is 14.4. The van der Waals surface area contributed by atoms with E-state index in [0.717, 1.165) is 12.1 Å². The zero-order chi connectivity index (χ0) is 17.3. The van der Waals surface area contributed by atoms with Crippen molar-refractivity contribution in [2.75, 3.05) is 6.54 Å². The molecule has 0 bridgehead atoms. The Morgan fingerprint density at radius 3 is 2.46 bits per heavy atom. The predicted molar refractivity (Wildman–Crippen MR) is 82.0 cm³/mol. The smallest absolute Gasteiger partial charge is 0.320 e. The fourth-order valence-electron chi connectivity index (χ4n) is 3.31. The molecular weight excluding hydrogens is 319 g/mol. The Bertz CT molecular complexity index is 766. The minimum absolute atomic E-state index is 0.0645. The molecule has 6 heteroatoms. The number of rotatable bonds is 4. The summed E-state index contributed by atoms with van der Waals surface area (Å²) >= 11 is 0. The highest BCUT2D eigenvalue weighted by atomic mass is 19.1. The topological polar surface area (TPSA) is 40.5 Å². The van der Waals surface area contributed by atoms with Gasteiger partial charge in [0.25, 0.3) is 0 Å². The third-order valence-electron chi connectivity index (χ3n) is 4.37. The Morgan fingerprint density at radius 2 is 1.79 bits per heavy atom. The van der Waals surface area contributed by atoms with Gasteiger partial charge in [0.05, 0.1) is 6.04 Å². The molecule has 3 nitrogen and oxygen atoms in total. The highest BCUT2D eigenvalue weighted by molar-refractivity contribution is 5.74. The van der Waals surface area contributed by atoms with E-state index < -0.39 is 35.5 Å². The van der Waals surface area contributed by atoms with E-state index in [4.69, 9.17) is 0 Å². The largest absolute Gasteiger partial charge is 0.480 e. The predicted octanol–water partition coefficient (Wildman–Crippen LogP) is 3.74. The summed E-state index contributed by atoms with van der Waals surface area (Å²) in [4.78, 5) is 13.1. The number of hydrogen-bond acceptors (Lipinski definition) is 2. The van der Waals surface area contributed by atoms with Gasteiger partial charge in [-0.15, -0.1) is 0 Å². The molecule has 126 valence electrons. The van der Waals surface area contributed by atoms with Crippen molar-refractivity contribution < 1.29 is 23.1 Å². The molecule has 0 saturated carbocycles. The summed E-state index contributed by atoms with van der Waals surface area (Å²) in [6, 6.07) is 7.19. The van der Waals surface area contributed by atoms with Crippen molar-refractivity contribution in [2.24, 2.45) is 0 Å². The van der Waals surface area contributed by atoms with Crippen molar-refractivity contribution in [3.8, 4) is 0 Å². The van der Waals surface area contributed by atoms with Crippen LogP contribution in [0.15, 0.2) is 42.5 Å². The van der Waals surface area contributed by atoms with Crippen LogP contribution < -0.4 is 0 Å². The number of benzene rings is 2. The van der Waals surface area contributed by atoms with Crippen molar-refractivity contribution >= 4 is 5.97 Å². The Hall–Kier alpha value is -2.34. The molecular formula is C18H16F3NO2. The second-order valence-electron chi connectivity index (χ2n) is 5.82. The number of carboxylic acids is 1. The molecule has 1 heterocycles. The fraction of sp³-hybridized carbons (Fsp3) is 0.278. The molecule has 1 saturated heterocycles. The van der Waals surface area contributed by atoms with Gasteiger partial charge in [0.1, 0.15) is 23.5 Å². The summed E-state index contributed by atoms with van der Waals surface area (Å²) < 4.78 is 42.0. The number of likely N-dealkylation sites (tertiary alicyclic amines) is 1. The molecule has 2 atom stereocenters. The van der Waals surface area contributed by atoms with E-state index >= 15 is 0 Å². The summed E-state index contributed by atoms with van der Waals surface area (Å²) in [6.45, 7) is 0.396. The summed E-state index contributed by atoms with van der Waals surface area (Å²) in [5.41, 5.74) is 0.241. The van der Waals surface area contributed by atoms with Gasteiger partial charge in [-0.25, -0.2) is 13.2 Å². The molecule has 0 aliphatic carbocycles. The molecule has 1 aliphatic rings. The maximum absolute atomic E-state index is 14.4. The summed E-state index contributed by atoms with van der Waals surface area (Å²) in [6.07, 6.45) is 1.02. The molecule has 24 heavy (non-hydrogen) atoms. The van der Waals surface area contributed by atoms with Gasteiger partial charge >= 0.3 is 5.97 Å². The third-order valence-corrected chi connectivity index (χ3v) is 4.37. The third kappa shape index (κ3) is 3.01. The van der Waals surface area contributed by atoms with Gasteiger partial charge in [0.2, 0.25) is 0 Å². The standard InChI is InChI=1S/C18H16F3NO2/c19-11-7-8-13(15(21)10-11)17(12-4-1-2-5-14(12)20)22-9-3-6-16(22)18(23)24/h1-2,4-5,7-8,10,16-17H,3,6,9H2,(H,23,24). The van der Waals surface area contributed by atoms with E-state index in [-0.39, 0.29) is 11.1 Å². The number of carboxylic acid groups (broad SMARTS) is 1. The molecule has 0 spiro atoms. The lowest BCUT2D eigenvalue weighted by molar-refractivity contribution is -0.142. The molecule has 0 radical (unpaired) electrons. The molecule has 2 aromatic rings. The lowest BCUT2D eigenvalue weighted by Crippen LogP contribution is -2.39. The van der Waals surface area contributed by atoms with E-state index in [2.05, 4.69) is 0 Å². The van der Waals surface area contributed by atoms with E-state index in [1.165, 1.54) is 24.3 Å². The van der Waals surface area contributed by atoms with Crippen molar-refractivity contribution in [1.82, 2.24) is 4.90 Å². The Balaban J connectivity index is 2.14. The number of carbonyl (C=O) groups is 1. The zero-order valence-electron chi connectivity index (χ0n) is 12.8. The number of aliphatic carboxylic acids is 1. The summed E-state index contributed by atoms with van der Waals surface area (Å²) in [5.74, 6) is -3.14. The van der Waals surface area contributed by atoms with E-state index in [9.17, 15) is 23.1 Å².